The molecular formula is C24H38N6O. The van der Waals surface area contributed by atoms with Crippen LogP contribution in [0.25, 0.3) is 0 Å². The summed E-state index contributed by atoms with van der Waals surface area (Å²) in [6, 6.07) is 7.77. The van der Waals surface area contributed by atoms with Crippen LogP contribution in [0.15, 0.2) is 35.5 Å². The van der Waals surface area contributed by atoms with E-state index in [-0.39, 0.29) is 5.91 Å². The van der Waals surface area contributed by atoms with Crippen LogP contribution in [-0.2, 0) is 20.1 Å². The highest BCUT2D eigenvalue weighted by Crippen LogP contribution is 2.18. The monoisotopic (exact) mass is 426 g/mol. The molecule has 1 aromatic carbocycles. The first-order chi connectivity index (χ1) is 14.8. The second-order valence-corrected chi connectivity index (χ2v) is 8.07. The average Bonchev–Trinajstić information content (AvgIpc) is 3.12. The number of aliphatic imine (C=N–C) groups is 1. The van der Waals surface area contributed by atoms with Crippen molar-refractivity contribution < 1.29 is 4.79 Å². The third-order valence-electron chi connectivity index (χ3n) is 5.25. The molecule has 1 N–H and O–H groups in total. The van der Waals surface area contributed by atoms with Gasteiger partial charge >= 0.3 is 0 Å². The minimum Gasteiger partial charge on any atom is -0.357 e. The van der Waals surface area contributed by atoms with Gasteiger partial charge in [0.15, 0.2) is 5.96 Å². The van der Waals surface area contributed by atoms with Crippen molar-refractivity contribution in [3.63, 3.8) is 0 Å². The van der Waals surface area contributed by atoms with E-state index in [1.54, 1.807) is 0 Å². The fourth-order valence-electron chi connectivity index (χ4n) is 3.58. The molecule has 0 aliphatic heterocycles. The minimum absolute atomic E-state index is 0.0746. The van der Waals surface area contributed by atoms with Crippen LogP contribution in [0.2, 0.25) is 0 Å². The summed E-state index contributed by atoms with van der Waals surface area (Å²) in [5.41, 5.74) is 4.13. The number of hydrogen-bond donors (Lipinski definition) is 1. The van der Waals surface area contributed by atoms with E-state index in [1.165, 1.54) is 5.56 Å². The largest absolute Gasteiger partial charge is 0.357 e. The summed E-state index contributed by atoms with van der Waals surface area (Å²) in [5.74, 6) is 1.30. The summed E-state index contributed by atoms with van der Waals surface area (Å²) in [6.07, 6.45) is 2.08. The molecule has 7 nitrogen and oxygen atoms in total. The lowest BCUT2D eigenvalue weighted by atomic mass is 10.1. The molecule has 0 bridgehead atoms. The van der Waals surface area contributed by atoms with Crippen LogP contribution in [0.3, 0.4) is 0 Å². The van der Waals surface area contributed by atoms with Crippen molar-refractivity contribution >= 4 is 11.9 Å². The number of benzene rings is 1. The number of carbonyl (C=O) groups excluding carboxylic acids is 1. The summed E-state index contributed by atoms with van der Waals surface area (Å²) in [6.45, 7) is 13.9. The predicted octanol–water partition coefficient (Wildman–Crippen LogP) is 3.62. The summed E-state index contributed by atoms with van der Waals surface area (Å²) in [5, 5.41) is 7.98. The van der Waals surface area contributed by atoms with Crippen LogP contribution >= 0.6 is 0 Å². The van der Waals surface area contributed by atoms with Crippen molar-refractivity contribution in [2.75, 3.05) is 26.7 Å². The third kappa shape index (κ3) is 6.57. The van der Waals surface area contributed by atoms with Crippen LogP contribution in [0.5, 0.6) is 0 Å². The van der Waals surface area contributed by atoms with Crippen LogP contribution in [0.4, 0.5) is 0 Å². The zero-order valence-corrected chi connectivity index (χ0v) is 20.1. The second-order valence-electron chi connectivity index (χ2n) is 8.07. The van der Waals surface area contributed by atoms with Crippen molar-refractivity contribution in [2.24, 2.45) is 12.0 Å². The summed E-state index contributed by atoms with van der Waals surface area (Å²) in [7, 11) is 4.01. The number of nitrogens with one attached hydrogen (secondary N) is 1. The zero-order chi connectivity index (χ0) is 23.0. The first-order valence-corrected chi connectivity index (χ1v) is 11.2. The second kappa shape index (κ2) is 11.5. The van der Waals surface area contributed by atoms with Gasteiger partial charge in [0, 0.05) is 57.6 Å². The van der Waals surface area contributed by atoms with Gasteiger partial charge in [0.25, 0.3) is 5.91 Å². The predicted molar refractivity (Wildman–Crippen MR) is 127 cm³/mol. The third-order valence-corrected chi connectivity index (χ3v) is 5.25. The van der Waals surface area contributed by atoms with Crippen molar-refractivity contribution in [3.05, 3.63) is 52.8 Å². The maximum Gasteiger partial charge on any atom is 0.253 e. The Morgan fingerprint density at radius 1 is 1.16 bits per heavy atom. The molecule has 0 atom stereocenters. The molecule has 1 heterocycles. The molecule has 2 aromatic rings. The molecule has 31 heavy (non-hydrogen) atoms. The molecule has 170 valence electrons. The zero-order valence-electron chi connectivity index (χ0n) is 20.1. The van der Waals surface area contributed by atoms with E-state index in [0.717, 1.165) is 49.0 Å². The molecule has 7 heteroatoms. The quantitative estimate of drug-likeness (QED) is 0.491. The van der Waals surface area contributed by atoms with Crippen molar-refractivity contribution in [2.45, 2.75) is 53.6 Å². The van der Waals surface area contributed by atoms with Gasteiger partial charge in [-0.25, -0.2) is 4.99 Å². The molecule has 1 amide bonds. The first kappa shape index (κ1) is 24.4. The lowest BCUT2D eigenvalue weighted by molar-refractivity contribution is 0.0773. The number of hydrogen-bond acceptors (Lipinski definition) is 3. The van der Waals surface area contributed by atoms with Crippen LogP contribution in [0, 0.1) is 0 Å². The molecule has 0 saturated heterocycles. The maximum atomic E-state index is 12.5. The number of rotatable bonds is 9. The Kier molecular flexibility index (Phi) is 9.09. The van der Waals surface area contributed by atoms with Gasteiger partial charge in [-0.1, -0.05) is 26.0 Å². The average molecular weight is 427 g/mol. The highest BCUT2D eigenvalue weighted by Gasteiger charge is 2.15. The Bertz CT molecular complexity index is 865. The number of amides is 1. The van der Waals surface area contributed by atoms with Gasteiger partial charge in [0.2, 0.25) is 0 Å². The number of guanidine groups is 1. The summed E-state index contributed by atoms with van der Waals surface area (Å²) < 4.78 is 1.88. The molecule has 0 aliphatic rings. The van der Waals surface area contributed by atoms with E-state index in [2.05, 4.69) is 42.3 Å². The standard InChI is InChI=1S/C24H38N6O/c1-8-25-24(28(6)16-21-17-29(7)27-22(21)18(4)5)26-15-19-11-13-20(14-12-19)23(31)30(9-2)10-3/h11-14,17-18H,8-10,15-16H2,1-7H3,(H,25,26). The molecule has 1 aromatic heterocycles. The van der Waals surface area contributed by atoms with E-state index in [0.29, 0.717) is 12.5 Å². The number of nitrogens with zero attached hydrogens (tertiary/aromatic N) is 5. The summed E-state index contributed by atoms with van der Waals surface area (Å²) in [4.78, 5) is 21.3. The number of aromatic nitrogens is 2. The molecule has 2 rings (SSSR count). The SMILES string of the molecule is CCNC(=NCc1ccc(C(=O)N(CC)CC)cc1)N(C)Cc1cn(C)nc1C(C)C. The van der Waals surface area contributed by atoms with Gasteiger partial charge < -0.3 is 15.1 Å². The molecule has 0 saturated carbocycles. The van der Waals surface area contributed by atoms with E-state index < -0.39 is 0 Å². The number of aryl methyl sites for hydroxylation is 1. The normalized spacial score (nSPS) is 11.7. The Morgan fingerprint density at radius 3 is 2.35 bits per heavy atom. The van der Waals surface area contributed by atoms with Gasteiger partial charge in [0.1, 0.15) is 0 Å². The van der Waals surface area contributed by atoms with Crippen LogP contribution in [-0.4, -0.2) is 58.1 Å². The Labute approximate surface area is 187 Å². The smallest absolute Gasteiger partial charge is 0.253 e. The Hall–Kier alpha value is -2.83. The van der Waals surface area contributed by atoms with E-state index in [1.807, 2.05) is 61.8 Å². The van der Waals surface area contributed by atoms with Crippen molar-refractivity contribution in [3.8, 4) is 0 Å². The molecule has 0 spiro atoms. The number of carbonyl (C=O) groups is 1. The van der Waals surface area contributed by atoms with Gasteiger partial charge in [-0.2, -0.15) is 5.10 Å². The van der Waals surface area contributed by atoms with E-state index in [9.17, 15) is 4.79 Å². The lowest BCUT2D eigenvalue weighted by Gasteiger charge is -2.22. The Balaban J connectivity index is 2.11. The van der Waals surface area contributed by atoms with Gasteiger partial charge in [0.05, 0.1) is 12.2 Å². The first-order valence-electron chi connectivity index (χ1n) is 11.2. The Morgan fingerprint density at radius 2 is 1.81 bits per heavy atom. The minimum atomic E-state index is 0.0746. The fourth-order valence-corrected chi connectivity index (χ4v) is 3.58. The highest BCUT2D eigenvalue weighted by molar-refractivity contribution is 5.94. The van der Waals surface area contributed by atoms with Gasteiger partial charge in [-0.15, -0.1) is 0 Å². The maximum absolute atomic E-state index is 12.5. The van der Waals surface area contributed by atoms with E-state index in [4.69, 9.17) is 4.99 Å². The van der Waals surface area contributed by atoms with Gasteiger partial charge in [-0.3, -0.25) is 9.48 Å². The molecule has 0 fully saturated rings. The highest BCUT2D eigenvalue weighted by atomic mass is 16.2. The molecule has 0 radical (unpaired) electrons. The molecular weight excluding hydrogens is 388 g/mol. The topological polar surface area (TPSA) is 65.8 Å². The molecule has 0 unspecified atom stereocenters. The lowest BCUT2D eigenvalue weighted by Crippen LogP contribution is -2.38. The fraction of sp³-hybridized carbons (Fsp3) is 0.542. The van der Waals surface area contributed by atoms with Crippen LogP contribution in [0.1, 0.15) is 67.7 Å². The van der Waals surface area contributed by atoms with Crippen molar-refractivity contribution in [1.82, 2.24) is 24.9 Å². The van der Waals surface area contributed by atoms with Crippen LogP contribution < -0.4 is 5.32 Å². The van der Waals surface area contributed by atoms with Crippen molar-refractivity contribution in [1.29, 1.82) is 0 Å². The van der Waals surface area contributed by atoms with E-state index >= 15 is 0 Å². The van der Waals surface area contributed by atoms with Gasteiger partial charge in [-0.05, 0) is 44.4 Å². The molecule has 0 aliphatic carbocycles. The summed E-state index contributed by atoms with van der Waals surface area (Å²) >= 11 is 0.